The quantitative estimate of drug-likeness (QED) is 0.707. The van der Waals surface area contributed by atoms with Gasteiger partial charge >= 0.3 is 0 Å². The summed E-state index contributed by atoms with van der Waals surface area (Å²) in [7, 11) is -2.29. The summed E-state index contributed by atoms with van der Waals surface area (Å²) in [5.74, 6) is 0. The smallest absolute Gasteiger partial charge is 0.0675 e. The maximum atomic E-state index is 2.49. The van der Waals surface area contributed by atoms with Crippen LogP contribution in [0.5, 0.6) is 0 Å². The van der Waals surface area contributed by atoms with Crippen LogP contribution in [-0.2, 0) is 0 Å². The predicted molar refractivity (Wildman–Crippen MR) is 86.3 cm³/mol. The van der Waals surface area contributed by atoms with Crippen LogP contribution in [0.1, 0.15) is 20.3 Å². The minimum atomic E-state index is -1.16. The molecule has 0 saturated carbocycles. The van der Waals surface area contributed by atoms with Gasteiger partial charge in [0, 0.05) is 0 Å². The molecule has 1 rings (SSSR count). The fourth-order valence-electron chi connectivity index (χ4n) is 2.35. The van der Waals surface area contributed by atoms with Crippen LogP contribution in [0.25, 0.3) is 0 Å². The average Bonchev–Trinajstić information content (AvgIpc) is 2.29. The number of rotatable bonds is 5. The first-order chi connectivity index (χ1) is 7.83. The van der Waals surface area contributed by atoms with Gasteiger partial charge in [0.25, 0.3) is 0 Å². The normalized spacial score (nSPS) is 12.8. The molecule has 0 aromatic heterocycles. The van der Waals surface area contributed by atoms with E-state index in [0.29, 0.717) is 0 Å². The third kappa shape index (κ3) is 3.55. The second kappa shape index (κ2) is 5.53. The molecule has 0 atom stereocenters. The topological polar surface area (TPSA) is 0 Å². The summed E-state index contributed by atoms with van der Waals surface area (Å²) in [5.41, 5.74) is 0. The van der Waals surface area contributed by atoms with E-state index in [1.54, 1.807) is 10.4 Å². The van der Waals surface area contributed by atoms with Crippen molar-refractivity contribution in [2.45, 2.75) is 58.5 Å². The molecule has 17 heavy (non-hydrogen) atoms. The summed E-state index contributed by atoms with van der Waals surface area (Å²) in [6.07, 6.45) is 1.32. The maximum Gasteiger partial charge on any atom is 0.0806 e. The molecule has 0 fully saturated rings. The third-order valence-corrected chi connectivity index (χ3v) is 11.5. The molecule has 1 aromatic carbocycles. The highest BCUT2D eigenvalue weighted by atomic mass is 28.3. The van der Waals surface area contributed by atoms with E-state index in [2.05, 4.69) is 64.3 Å². The fourth-order valence-corrected chi connectivity index (χ4v) is 6.43. The molecule has 0 N–H and O–H groups in total. The van der Waals surface area contributed by atoms with Gasteiger partial charge in [-0.1, -0.05) is 93.2 Å². The molecule has 2 heteroatoms. The average molecular weight is 265 g/mol. The molecule has 0 heterocycles. The Morgan fingerprint density at radius 1 is 0.765 bits per heavy atom. The van der Waals surface area contributed by atoms with Crippen LogP contribution in [0.15, 0.2) is 24.3 Å². The van der Waals surface area contributed by atoms with Crippen molar-refractivity contribution in [2.75, 3.05) is 0 Å². The second-order valence-corrected chi connectivity index (χ2v) is 16.3. The van der Waals surface area contributed by atoms with E-state index in [-0.39, 0.29) is 0 Å². The molecule has 0 aliphatic rings. The molecule has 0 amide bonds. The van der Waals surface area contributed by atoms with Crippen molar-refractivity contribution in [3.05, 3.63) is 24.3 Å². The van der Waals surface area contributed by atoms with Crippen LogP contribution >= 0.6 is 0 Å². The van der Waals surface area contributed by atoms with Crippen molar-refractivity contribution in [1.82, 2.24) is 0 Å². The van der Waals surface area contributed by atoms with Gasteiger partial charge in [0.2, 0.25) is 0 Å². The van der Waals surface area contributed by atoms with E-state index < -0.39 is 16.1 Å². The lowest BCUT2D eigenvalue weighted by Crippen LogP contribution is -2.44. The lowest BCUT2D eigenvalue weighted by Gasteiger charge is -2.25. The Morgan fingerprint density at radius 2 is 1.18 bits per heavy atom. The molecule has 0 bridgehead atoms. The van der Waals surface area contributed by atoms with Gasteiger partial charge in [0.15, 0.2) is 0 Å². The van der Waals surface area contributed by atoms with Gasteiger partial charge in [-0.3, -0.25) is 0 Å². The van der Waals surface area contributed by atoms with Crippen molar-refractivity contribution in [2.24, 2.45) is 0 Å². The third-order valence-electron chi connectivity index (χ3n) is 4.21. The van der Waals surface area contributed by atoms with E-state index in [1.165, 1.54) is 18.5 Å². The van der Waals surface area contributed by atoms with E-state index in [4.69, 9.17) is 0 Å². The summed E-state index contributed by atoms with van der Waals surface area (Å²) in [5, 5.41) is 3.24. The SMILES string of the molecule is CCC[Si](C)(C)c1ccc([Si](C)(C)CC)cc1. The van der Waals surface area contributed by atoms with Crippen molar-refractivity contribution in [3.8, 4) is 0 Å². The minimum Gasteiger partial charge on any atom is -0.0675 e. The molecular formula is C15H28Si2. The Kier molecular flexibility index (Phi) is 4.79. The van der Waals surface area contributed by atoms with Gasteiger partial charge in [-0.15, -0.1) is 0 Å². The lowest BCUT2D eigenvalue weighted by atomic mass is 10.4. The van der Waals surface area contributed by atoms with Crippen molar-refractivity contribution in [1.29, 1.82) is 0 Å². The van der Waals surface area contributed by atoms with Gasteiger partial charge < -0.3 is 0 Å². The molecular weight excluding hydrogens is 236 g/mol. The molecule has 0 radical (unpaired) electrons. The van der Waals surface area contributed by atoms with Crippen LogP contribution in [0, 0.1) is 0 Å². The van der Waals surface area contributed by atoms with E-state index >= 15 is 0 Å². The first kappa shape index (κ1) is 14.7. The molecule has 0 aliphatic carbocycles. The van der Waals surface area contributed by atoms with Crippen LogP contribution in [0.2, 0.25) is 38.3 Å². The Balaban J connectivity index is 2.96. The largest absolute Gasteiger partial charge is 0.0806 e. The van der Waals surface area contributed by atoms with Gasteiger partial charge in [-0.25, -0.2) is 0 Å². The first-order valence-electron chi connectivity index (χ1n) is 6.94. The van der Waals surface area contributed by atoms with Crippen molar-refractivity contribution < 1.29 is 0 Å². The number of hydrogen-bond donors (Lipinski definition) is 0. The van der Waals surface area contributed by atoms with Crippen molar-refractivity contribution >= 4 is 26.5 Å². The summed E-state index contributed by atoms with van der Waals surface area (Å²) in [6.45, 7) is 14.6. The summed E-state index contributed by atoms with van der Waals surface area (Å²) < 4.78 is 0. The van der Waals surface area contributed by atoms with Crippen LogP contribution in [0.3, 0.4) is 0 Å². The Morgan fingerprint density at radius 3 is 1.53 bits per heavy atom. The molecule has 0 nitrogen and oxygen atoms in total. The number of hydrogen-bond acceptors (Lipinski definition) is 0. The highest BCUT2D eigenvalue weighted by molar-refractivity contribution is 6.91. The van der Waals surface area contributed by atoms with Gasteiger partial charge in [0.1, 0.15) is 0 Å². The zero-order valence-electron chi connectivity index (χ0n) is 12.4. The molecule has 0 spiro atoms. The summed E-state index contributed by atoms with van der Waals surface area (Å²) in [4.78, 5) is 0. The molecule has 96 valence electrons. The predicted octanol–water partition coefficient (Wildman–Crippen LogP) is 3.95. The van der Waals surface area contributed by atoms with Gasteiger partial charge in [-0.2, -0.15) is 0 Å². The van der Waals surface area contributed by atoms with Gasteiger partial charge in [-0.05, 0) is 0 Å². The van der Waals surface area contributed by atoms with Crippen LogP contribution in [-0.4, -0.2) is 16.1 Å². The Hall–Kier alpha value is -0.346. The number of benzene rings is 1. The van der Waals surface area contributed by atoms with Crippen LogP contribution in [0.4, 0.5) is 0 Å². The highest BCUT2D eigenvalue weighted by Crippen LogP contribution is 2.13. The van der Waals surface area contributed by atoms with E-state index in [1.807, 2.05) is 0 Å². The first-order valence-corrected chi connectivity index (χ1v) is 13.4. The molecule has 0 unspecified atom stereocenters. The Bertz CT molecular complexity index is 350. The summed E-state index contributed by atoms with van der Waals surface area (Å²) in [6, 6.07) is 12.4. The van der Waals surface area contributed by atoms with Crippen molar-refractivity contribution in [3.63, 3.8) is 0 Å². The summed E-state index contributed by atoms with van der Waals surface area (Å²) >= 11 is 0. The fraction of sp³-hybridized carbons (Fsp3) is 0.600. The highest BCUT2D eigenvalue weighted by Gasteiger charge is 2.24. The van der Waals surface area contributed by atoms with E-state index in [0.717, 1.165) is 0 Å². The zero-order chi connectivity index (χ0) is 13.1. The standard InChI is InChI=1S/C15H28Si2/c1-7-13-17(5,6)15-11-9-14(10-12-15)16(3,4)8-2/h9-12H,7-8,13H2,1-6H3. The van der Waals surface area contributed by atoms with Crippen LogP contribution < -0.4 is 10.4 Å². The van der Waals surface area contributed by atoms with Gasteiger partial charge in [0.05, 0.1) is 16.1 Å². The molecule has 0 aliphatic heterocycles. The molecule has 1 aromatic rings. The molecule has 0 saturated heterocycles. The monoisotopic (exact) mass is 264 g/mol. The second-order valence-electron chi connectivity index (χ2n) is 6.45. The van der Waals surface area contributed by atoms with E-state index in [9.17, 15) is 0 Å². The Labute approximate surface area is 109 Å². The lowest BCUT2D eigenvalue weighted by molar-refractivity contribution is 1.05. The maximum absolute atomic E-state index is 2.49. The zero-order valence-corrected chi connectivity index (χ0v) is 14.4. The minimum absolute atomic E-state index is 1.14.